The Morgan fingerprint density at radius 1 is 1.09 bits per heavy atom. The van der Waals surface area contributed by atoms with Crippen LogP contribution in [0.2, 0.25) is 0 Å². The summed E-state index contributed by atoms with van der Waals surface area (Å²) >= 11 is 0. The molecule has 0 bridgehead atoms. The first kappa shape index (κ1) is 15.8. The number of nitrogens with one attached hydrogen (secondary N) is 1. The van der Waals surface area contributed by atoms with Gasteiger partial charge in [0, 0.05) is 37.6 Å². The fourth-order valence-electron chi connectivity index (χ4n) is 3.78. The molecule has 3 fully saturated rings. The first-order valence-electron chi connectivity index (χ1n) is 8.83. The molecule has 3 aliphatic rings. The van der Waals surface area contributed by atoms with Crippen molar-refractivity contribution < 1.29 is 9.59 Å². The van der Waals surface area contributed by atoms with Crippen LogP contribution < -0.4 is 5.32 Å². The number of carbonyl (C=O) groups is 2. The molecule has 2 saturated carbocycles. The zero-order valence-electron chi connectivity index (χ0n) is 13.9. The molecule has 0 radical (unpaired) electrons. The van der Waals surface area contributed by atoms with Crippen molar-refractivity contribution in [3.63, 3.8) is 0 Å². The average molecular weight is 307 g/mol. The lowest BCUT2D eigenvalue weighted by molar-refractivity contribution is -0.143. The molecule has 2 aliphatic carbocycles. The Balaban J connectivity index is 1.49. The quantitative estimate of drug-likeness (QED) is 0.854. The third kappa shape index (κ3) is 3.29. The summed E-state index contributed by atoms with van der Waals surface area (Å²) < 4.78 is 0. The molecule has 2 amide bonds. The summed E-state index contributed by atoms with van der Waals surface area (Å²) in [6, 6.07) is 0.333. The SMILES string of the molecule is CC(C(=O)NC1CC1)N1CCN(C(=O)C2(C)CCCC2)CC1. The highest BCUT2D eigenvalue weighted by Crippen LogP contribution is 2.39. The summed E-state index contributed by atoms with van der Waals surface area (Å²) in [6.45, 7) is 7.24. The molecule has 22 heavy (non-hydrogen) atoms. The summed E-state index contributed by atoms with van der Waals surface area (Å²) in [5.74, 6) is 0.477. The molecule has 124 valence electrons. The number of hydrogen-bond acceptors (Lipinski definition) is 3. The Labute approximate surface area is 133 Å². The molecular formula is C17H29N3O2. The highest BCUT2D eigenvalue weighted by atomic mass is 16.2. The first-order chi connectivity index (χ1) is 10.5. The minimum absolute atomic E-state index is 0.0834. The van der Waals surface area contributed by atoms with Crippen molar-refractivity contribution in [1.29, 1.82) is 0 Å². The van der Waals surface area contributed by atoms with Gasteiger partial charge in [-0.2, -0.15) is 0 Å². The molecule has 1 atom stereocenters. The zero-order chi connectivity index (χ0) is 15.7. The van der Waals surface area contributed by atoms with Gasteiger partial charge in [-0.25, -0.2) is 0 Å². The standard InChI is InChI=1S/C17H29N3O2/c1-13(15(21)18-14-5-6-14)19-9-11-20(12-10-19)16(22)17(2)7-3-4-8-17/h13-14H,3-12H2,1-2H3,(H,18,21). The van der Waals surface area contributed by atoms with Gasteiger partial charge < -0.3 is 10.2 Å². The minimum atomic E-state index is -0.128. The molecule has 5 heteroatoms. The van der Waals surface area contributed by atoms with Gasteiger partial charge in [-0.3, -0.25) is 14.5 Å². The second-order valence-electron chi connectivity index (χ2n) is 7.55. The van der Waals surface area contributed by atoms with E-state index in [9.17, 15) is 9.59 Å². The van der Waals surface area contributed by atoms with Crippen molar-refractivity contribution in [3.8, 4) is 0 Å². The van der Waals surface area contributed by atoms with E-state index in [2.05, 4.69) is 17.1 Å². The van der Waals surface area contributed by atoms with E-state index < -0.39 is 0 Å². The molecule has 1 N–H and O–H groups in total. The van der Waals surface area contributed by atoms with Gasteiger partial charge in [0.05, 0.1) is 6.04 Å². The van der Waals surface area contributed by atoms with Gasteiger partial charge in [0.2, 0.25) is 11.8 Å². The largest absolute Gasteiger partial charge is 0.352 e. The van der Waals surface area contributed by atoms with Gasteiger partial charge in [0.25, 0.3) is 0 Å². The number of hydrogen-bond donors (Lipinski definition) is 1. The number of piperazine rings is 1. The van der Waals surface area contributed by atoms with Crippen LogP contribution in [-0.4, -0.2) is 59.9 Å². The van der Waals surface area contributed by atoms with E-state index >= 15 is 0 Å². The van der Waals surface area contributed by atoms with Crippen LogP contribution in [0.3, 0.4) is 0 Å². The molecule has 1 aliphatic heterocycles. The van der Waals surface area contributed by atoms with Gasteiger partial charge in [0.1, 0.15) is 0 Å². The van der Waals surface area contributed by atoms with Crippen LogP contribution in [0.15, 0.2) is 0 Å². The second-order valence-corrected chi connectivity index (χ2v) is 7.55. The number of amides is 2. The summed E-state index contributed by atoms with van der Waals surface area (Å²) in [4.78, 5) is 29.1. The highest BCUT2D eigenvalue weighted by molar-refractivity contribution is 5.83. The monoisotopic (exact) mass is 307 g/mol. The highest BCUT2D eigenvalue weighted by Gasteiger charge is 2.40. The Bertz CT molecular complexity index is 433. The van der Waals surface area contributed by atoms with Crippen LogP contribution in [-0.2, 0) is 9.59 Å². The summed E-state index contributed by atoms with van der Waals surface area (Å²) in [6.07, 6.45) is 6.68. The van der Waals surface area contributed by atoms with E-state index in [0.717, 1.165) is 51.9 Å². The molecule has 0 aromatic carbocycles. The third-order valence-corrected chi connectivity index (χ3v) is 5.68. The van der Waals surface area contributed by atoms with Crippen molar-refractivity contribution in [2.75, 3.05) is 26.2 Å². The first-order valence-corrected chi connectivity index (χ1v) is 8.83. The lowest BCUT2D eigenvalue weighted by Gasteiger charge is -2.40. The van der Waals surface area contributed by atoms with Gasteiger partial charge >= 0.3 is 0 Å². The summed E-state index contributed by atoms with van der Waals surface area (Å²) in [5, 5.41) is 3.07. The minimum Gasteiger partial charge on any atom is -0.352 e. The normalized spacial score (nSPS) is 26.7. The molecule has 3 rings (SSSR count). The van der Waals surface area contributed by atoms with E-state index in [4.69, 9.17) is 0 Å². The van der Waals surface area contributed by atoms with Crippen molar-refractivity contribution in [2.24, 2.45) is 5.41 Å². The maximum Gasteiger partial charge on any atom is 0.237 e. The lowest BCUT2D eigenvalue weighted by atomic mass is 9.87. The molecule has 1 unspecified atom stereocenters. The van der Waals surface area contributed by atoms with Crippen molar-refractivity contribution in [1.82, 2.24) is 15.1 Å². The number of carbonyl (C=O) groups excluding carboxylic acids is 2. The Morgan fingerprint density at radius 2 is 1.68 bits per heavy atom. The maximum absolute atomic E-state index is 12.7. The van der Waals surface area contributed by atoms with Crippen molar-refractivity contribution in [2.45, 2.75) is 64.5 Å². The third-order valence-electron chi connectivity index (χ3n) is 5.68. The molecule has 0 aromatic heterocycles. The van der Waals surface area contributed by atoms with Crippen LogP contribution in [0.4, 0.5) is 0 Å². The van der Waals surface area contributed by atoms with E-state index in [1.165, 1.54) is 12.8 Å². The molecule has 1 heterocycles. The van der Waals surface area contributed by atoms with Crippen LogP contribution in [0.5, 0.6) is 0 Å². The molecule has 5 nitrogen and oxygen atoms in total. The van der Waals surface area contributed by atoms with E-state index in [-0.39, 0.29) is 17.4 Å². The van der Waals surface area contributed by atoms with Crippen LogP contribution >= 0.6 is 0 Å². The van der Waals surface area contributed by atoms with E-state index in [0.29, 0.717) is 11.9 Å². The van der Waals surface area contributed by atoms with Crippen LogP contribution in [0, 0.1) is 5.41 Å². The van der Waals surface area contributed by atoms with Crippen LogP contribution in [0.1, 0.15) is 52.4 Å². The van der Waals surface area contributed by atoms with Crippen molar-refractivity contribution in [3.05, 3.63) is 0 Å². The zero-order valence-corrected chi connectivity index (χ0v) is 13.9. The predicted octanol–water partition coefficient (Wildman–Crippen LogP) is 1.38. The van der Waals surface area contributed by atoms with E-state index in [1.807, 2.05) is 11.8 Å². The Kier molecular flexibility index (Phi) is 4.44. The number of nitrogens with zero attached hydrogens (tertiary/aromatic N) is 2. The maximum atomic E-state index is 12.7. The molecule has 0 aromatic rings. The fraction of sp³-hybridized carbons (Fsp3) is 0.882. The van der Waals surface area contributed by atoms with E-state index in [1.54, 1.807) is 0 Å². The predicted molar refractivity (Wildman–Crippen MR) is 85.4 cm³/mol. The Hall–Kier alpha value is -1.10. The summed E-state index contributed by atoms with van der Waals surface area (Å²) in [5.41, 5.74) is -0.128. The number of rotatable bonds is 4. The Morgan fingerprint density at radius 3 is 2.23 bits per heavy atom. The molecule has 1 saturated heterocycles. The van der Waals surface area contributed by atoms with Crippen LogP contribution in [0.25, 0.3) is 0 Å². The van der Waals surface area contributed by atoms with Gasteiger partial charge in [-0.15, -0.1) is 0 Å². The molecular weight excluding hydrogens is 278 g/mol. The second kappa shape index (κ2) is 6.19. The summed E-state index contributed by atoms with van der Waals surface area (Å²) in [7, 11) is 0. The van der Waals surface area contributed by atoms with Crippen molar-refractivity contribution >= 4 is 11.8 Å². The topological polar surface area (TPSA) is 52.7 Å². The van der Waals surface area contributed by atoms with Gasteiger partial charge in [0.15, 0.2) is 0 Å². The fourth-order valence-corrected chi connectivity index (χ4v) is 3.78. The molecule has 0 spiro atoms. The van der Waals surface area contributed by atoms with Gasteiger partial charge in [-0.05, 0) is 32.6 Å². The lowest BCUT2D eigenvalue weighted by Crippen LogP contribution is -2.56. The average Bonchev–Trinajstić information content (AvgIpc) is 3.23. The smallest absolute Gasteiger partial charge is 0.237 e. The van der Waals surface area contributed by atoms with Gasteiger partial charge in [-0.1, -0.05) is 19.8 Å².